The minimum Gasteiger partial charge on any atom is -0.483 e. The molecule has 0 radical (unpaired) electrons. The quantitative estimate of drug-likeness (QED) is 0.674. The molecule has 2 fully saturated rings. The van der Waals surface area contributed by atoms with E-state index in [1.807, 2.05) is 6.07 Å². The fraction of sp³-hybridized carbons (Fsp3) is 0.632. The van der Waals surface area contributed by atoms with Crippen molar-refractivity contribution in [3.8, 4) is 0 Å². The minimum absolute atomic E-state index is 0.250. The average molecular weight is 380 g/mol. The van der Waals surface area contributed by atoms with Crippen LogP contribution in [0.4, 0.5) is 5.82 Å². The van der Waals surface area contributed by atoms with E-state index in [-0.39, 0.29) is 12.9 Å². The number of hydrogen-bond acceptors (Lipinski definition) is 6. The zero-order valence-electron chi connectivity index (χ0n) is 16.4. The Morgan fingerprint density at radius 2 is 1.56 bits per heavy atom. The molecule has 0 aromatic carbocycles. The second-order valence-corrected chi connectivity index (χ2v) is 7.41. The van der Waals surface area contributed by atoms with Crippen LogP contribution in [0.15, 0.2) is 18.3 Å². The van der Waals surface area contributed by atoms with Crippen LogP contribution in [0.25, 0.3) is 0 Å². The molecule has 0 spiro atoms. The van der Waals surface area contributed by atoms with E-state index in [9.17, 15) is 0 Å². The Morgan fingerprint density at radius 3 is 2.00 bits per heavy atom. The molecule has 2 aliphatic carbocycles. The summed E-state index contributed by atoms with van der Waals surface area (Å²) in [6, 6.07) is 5.59. The second-order valence-electron chi connectivity index (χ2n) is 7.41. The molecule has 2 unspecified atom stereocenters. The van der Waals surface area contributed by atoms with Gasteiger partial charge in [-0.3, -0.25) is 14.5 Å². The van der Waals surface area contributed by atoms with E-state index in [1.165, 1.54) is 25.7 Å². The lowest BCUT2D eigenvalue weighted by molar-refractivity contribution is -0.123. The largest absolute Gasteiger partial charge is 0.483 e. The highest BCUT2D eigenvalue weighted by molar-refractivity contribution is 5.38. The van der Waals surface area contributed by atoms with Crippen LogP contribution >= 0.6 is 0 Å². The van der Waals surface area contributed by atoms with Crippen molar-refractivity contribution in [2.24, 2.45) is 11.8 Å². The number of pyridine rings is 1. The monoisotopic (exact) mass is 380 g/mol. The van der Waals surface area contributed by atoms with E-state index >= 15 is 0 Å². The summed E-state index contributed by atoms with van der Waals surface area (Å²) in [4.78, 5) is 25.8. The maximum absolute atomic E-state index is 8.36. The van der Waals surface area contributed by atoms with Gasteiger partial charge in [-0.1, -0.05) is 6.07 Å². The lowest BCUT2D eigenvalue weighted by Crippen LogP contribution is -2.31. The molecule has 1 aromatic rings. The van der Waals surface area contributed by atoms with Crippen molar-refractivity contribution in [1.82, 2.24) is 14.8 Å². The number of carbonyl (C=O) groups is 2. The van der Waals surface area contributed by atoms with Crippen molar-refractivity contribution in [2.45, 2.75) is 44.3 Å². The van der Waals surface area contributed by atoms with Gasteiger partial charge in [-0.25, -0.2) is 4.98 Å². The third-order valence-corrected chi connectivity index (χ3v) is 5.67. The van der Waals surface area contributed by atoms with Gasteiger partial charge >= 0.3 is 0 Å². The second kappa shape index (κ2) is 11.5. The van der Waals surface area contributed by atoms with Gasteiger partial charge < -0.3 is 20.8 Å². The zero-order chi connectivity index (χ0) is 20.4. The van der Waals surface area contributed by atoms with E-state index in [0.29, 0.717) is 11.9 Å². The average Bonchev–Trinajstić information content (AvgIpc) is 3.17. The maximum atomic E-state index is 8.36. The predicted molar refractivity (Wildman–Crippen MR) is 104 cm³/mol. The minimum atomic E-state index is -0.250. The maximum Gasteiger partial charge on any atom is 0.290 e. The first kappa shape index (κ1) is 22.9. The summed E-state index contributed by atoms with van der Waals surface area (Å²) < 4.78 is 0. The number of carboxylic acid groups (broad SMARTS) is 2. The molecule has 0 bridgehead atoms. The van der Waals surface area contributed by atoms with Gasteiger partial charge in [-0.2, -0.15) is 0 Å². The van der Waals surface area contributed by atoms with Gasteiger partial charge in [0, 0.05) is 30.4 Å². The highest BCUT2D eigenvalue weighted by atomic mass is 16.3. The van der Waals surface area contributed by atoms with E-state index in [2.05, 4.69) is 42.0 Å². The van der Waals surface area contributed by atoms with Gasteiger partial charge in [-0.15, -0.1) is 0 Å². The van der Waals surface area contributed by atoms with Crippen LogP contribution in [0.5, 0.6) is 0 Å². The number of hydrogen-bond donors (Lipinski definition) is 3. The molecule has 0 aliphatic heterocycles. The molecule has 3 rings (SSSR count). The number of anilines is 1. The van der Waals surface area contributed by atoms with Crippen LogP contribution < -0.4 is 5.73 Å². The number of aromatic nitrogens is 1. The Balaban J connectivity index is 0.000000540. The molecular weight excluding hydrogens is 348 g/mol. The van der Waals surface area contributed by atoms with Crippen LogP contribution in [0.3, 0.4) is 0 Å². The topological polar surface area (TPSA) is 120 Å². The van der Waals surface area contributed by atoms with Crippen LogP contribution in [-0.2, 0) is 16.1 Å². The third-order valence-electron chi connectivity index (χ3n) is 5.67. The normalized spacial score (nSPS) is 25.8. The number of fused-ring (bicyclic) bond motifs is 1. The molecule has 1 aromatic heterocycles. The fourth-order valence-corrected chi connectivity index (χ4v) is 4.32. The smallest absolute Gasteiger partial charge is 0.290 e. The van der Waals surface area contributed by atoms with Gasteiger partial charge in [-0.05, 0) is 64.7 Å². The molecule has 152 valence electrons. The number of nitrogens with zero attached hydrogens (tertiary/aromatic N) is 3. The van der Waals surface area contributed by atoms with E-state index in [0.717, 1.165) is 30.0 Å². The SMILES string of the molecule is CN(C)C1C[C@@H]2CC(N(C)Cc3cccnc3N)C[C@@H]2C1.O=CO.O=CO. The first-order valence-electron chi connectivity index (χ1n) is 9.09. The van der Waals surface area contributed by atoms with Crippen molar-refractivity contribution in [3.63, 3.8) is 0 Å². The predicted octanol–water partition coefficient (Wildman–Crippen LogP) is 1.62. The Labute approximate surface area is 161 Å². The molecule has 27 heavy (non-hydrogen) atoms. The summed E-state index contributed by atoms with van der Waals surface area (Å²) in [6.07, 6.45) is 7.24. The molecule has 2 aliphatic rings. The molecule has 4 N–H and O–H groups in total. The van der Waals surface area contributed by atoms with Crippen LogP contribution in [-0.4, -0.2) is 71.2 Å². The Kier molecular flexibility index (Phi) is 9.74. The zero-order valence-corrected chi connectivity index (χ0v) is 16.4. The van der Waals surface area contributed by atoms with Gasteiger partial charge in [0.25, 0.3) is 12.9 Å². The molecule has 0 amide bonds. The Morgan fingerprint density at radius 1 is 1.07 bits per heavy atom. The Bertz CT molecular complexity index is 565. The van der Waals surface area contributed by atoms with Gasteiger partial charge in [0.1, 0.15) is 5.82 Å². The van der Waals surface area contributed by atoms with Gasteiger partial charge in [0.05, 0.1) is 0 Å². The summed E-state index contributed by atoms with van der Waals surface area (Å²) >= 11 is 0. The first-order valence-corrected chi connectivity index (χ1v) is 9.09. The fourth-order valence-electron chi connectivity index (χ4n) is 4.32. The summed E-state index contributed by atoms with van der Waals surface area (Å²) in [7, 11) is 6.68. The lowest BCUT2D eigenvalue weighted by Gasteiger charge is -2.27. The number of nitrogen functional groups attached to an aromatic ring is 1. The van der Waals surface area contributed by atoms with Crippen molar-refractivity contribution in [3.05, 3.63) is 23.9 Å². The third kappa shape index (κ3) is 6.80. The van der Waals surface area contributed by atoms with Crippen LogP contribution in [0.1, 0.15) is 31.2 Å². The van der Waals surface area contributed by atoms with E-state index in [1.54, 1.807) is 6.20 Å². The molecule has 0 saturated heterocycles. The van der Waals surface area contributed by atoms with Gasteiger partial charge in [0.15, 0.2) is 0 Å². The van der Waals surface area contributed by atoms with Crippen LogP contribution in [0, 0.1) is 11.8 Å². The van der Waals surface area contributed by atoms with E-state index < -0.39 is 0 Å². The molecule has 4 atom stereocenters. The lowest BCUT2D eigenvalue weighted by atomic mass is 10.0. The highest BCUT2D eigenvalue weighted by Gasteiger charge is 2.43. The highest BCUT2D eigenvalue weighted by Crippen LogP contribution is 2.46. The summed E-state index contributed by atoms with van der Waals surface area (Å²) in [6.45, 7) is 0.418. The van der Waals surface area contributed by atoms with Crippen molar-refractivity contribution in [1.29, 1.82) is 0 Å². The Hall–Kier alpha value is -2.19. The molecule has 8 heteroatoms. The van der Waals surface area contributed by atoms with Gasteiger partial charge in [0.2, 0.25) is 0 Å². The standard InChI is InChI=1S/C17H28N4.2CH2O2/c1-20(2)15-7-13-9-16(10-14(13)8-15)21(3)11-12-5-4-6-19-17(12)18;2*2-1-3/h4-6,13-16H,7-11H2,1-3H3,(H2,18,19);2*1H,(H,2,3)/t13-,14+,15?,16?;;. The summed E-state index contributed by atoms with van der Waals surface area (Å²) in [5.74, 6) is 2.53. The molecule has 2 saturated carbocycles. The number of rotatable bonds is 4. The summed E-state index contributed by atoms with van der Waals surface area (Å²) in [5, 5.41) is 13.8. The first-order chi connectivity index (χ1) is 12.9. The number of nitrogens with two attached hydrogens (primary N) is 1. The van der Waals surface area contributed by atoms with Crippen LogP contribution in [0.2, 0.25) is 0 Å². The van der Waals surface area contributed by atoms with Crippen molar-refractivity contribution >= 4 is 18.8 Å². The van der Waals surface area contributed by atoms with E-state index in [4.69, 9.17) is 25.5 Å². The summed E-state index contributed by atoms with van der Waals surface area (Å²) in [5.41, 5.74) is 7.12. The van der Waals surface area contributed by atoms with Crippen molar-refractivity contribution < 1.29 is 19.8 Å². The molecule has 8 nitrogen and oxygen atoms in total. The molecule has 1 heterocycles. The van der Waals surface area contributed by atoms with Crippen molar-refractivity contribution in [2.75, 3.05) is 26.9 Å². The molecular formula is C19H32N4O4.